The first-order valence-corrected chi connectivity index (χ1v) is 8.42. The quantitative estimate of drug-likeness (QED) is 0.651. The van der Waals surface area contributed by atoms with E-state index in [1.54, 1.807) is 24.3 Å². The third-order valence-electron chi connectivity index (χ3n) is 2.74. The predicted molar refractivity (Wildman–Crippen MR) is 86.5 cm³/mol. The summed E-state index contributed by atoms with van der Waals surface area (Å²) in [4.78, 5) is 2.02. The minimum absolute atomic E-state index is 0.0409. The molecule has 0 saturated carbocycles. The molecule has 0 fully saturated rings. The number of sulfonamides is 1. The first-order valence-electron chi connectivity index (χ1n) is 6.94. The average Bonchev–Trinajstić information content (AvgIpc) is 2.47. The molecule has 0 aliphatic rings. The van der Waals surface area contributed by atoms with E-state index in [-0.39, 0.29) is 11.0 Å². The van der Waals surface area contributed by atoms with Gasteiger partial charge < -0.3 is 4.74 Å². The lowest BCUT2D eigenvalue weighted by Crippen LogP contribution is -2.18. The van der Waals surface area contributed by atoms with Crippen molar-refractivity contribution >= 4 is 16.2 Å². The van der Waals surface area contributed by atoms with Gasteiger partial charge in [-0.2, -0.15) is 13.5 Å². The van der Waals surface area contributed by atoms with Crippen LogP contribution in [0.3, 0.4) is 0 Å². The minimum atomic E-state index is -3.82. The lowest BCUT2D eigenvalue weighted by molar-refractivity contribution is 0.242. The van der Waals surface area contributed by atoms with Crippen LogP contribution in [-0.4, -0.2) is 20.7 Å². The standard InChI is InChI=1S/C16H17FN2O3S/c1-12(2)22-15-5-3-4-13(10-15)11-18-19-23(20,21)16-8-6-14(17)7-9-16/h3-12,19H,1-2H3/b18-11+. The van der Waals surface area contributed by atoms with Crippen molar-refractivity contribution in [3.63, 3.8) is 0 Å². The first kappa shape index (κ1) is 17.0. The van der Waals surface area contributed by atoms with Crippen molar-refractivity contribution in [1.82, 2.24) is 4.83 Å². The largest absolute Gasteiger partial charge is 0.491 e. The van der Waals surface area contributed by atoms with Crippen LogP contribution in [0.1, 0.15) is 19.4 Å². The van der Waals surface area contributed by atoms with E-state index in [1.807, 2.05) is 13.8 Å². The number of hydrogen-bond donors (Lipinski definition) is 1. The fourth-order valence-electron chi connectivity index (χ4n) is 1.78. The molecule has 0 aliphatic heterocycles. The molecule has 2 aromatic rings. The van der Waals surface area contributed by atoms with E-state index in [4.69, 9.17) is 4.74 Å². The van der Waals surface area contributed by atoms with Gasteiger partial charge in [-0.3, -0.25) is 0 Å². The summed E-state index contributed by atoms with van der Waals surface area (Å²) in [7, 11) is -3.82. The normalized spacial score (nSPS) is 11.8. The highest BCUT2D eigenvalue weighted by molar-refractivity contribution is 7.89. The fraction of sp³-hybridized carbons (Fsp3) is 0.188. The summed E-state index contributed by atoms with van der Waals surface area (Å²) in [6.45, 7) is 3.83. The van der Waals surface area contributed by atoms with Crippen LogP contribution in [0.15, 0.2) is 58.5 Å². The van der Waals surface area contributed by atoms with Crippen molar-refractivity contribution in [2.24, 2.45) is 5.10 Å². The van der Waals surface area contributed by atoms with Gasteiger partial charge in [0.05, 0.1) is 17.2 Å². The van der Waals surface area contributed by atoms with E-state index >= 15 is 0 Å². The Balaban J connectivity index is 2.07. The molecule has 2 rings (SSSR count). The van der Waals surface area contributed by atoms with E-state index in [0.29, 0.717) is 11.3 Å². The molecule has 0 amide bonds. The van der Waals surface area contributed by atoms with Crippen LogP contribution in [0.25, 0.3) is 0 Å². The number of rotatable bonds is 6. The number of hydrazone groups is 1. The van der Waals surface area contributed by atoms with Crippen LogP contribution in [0.5, 0.6) is 5.75 Å². The fourth-order valence-corrected chi connectivity index (χ4v) is 2.57. The molecule has 23 heavy (non-hydrogen) atoms. The van der Waals surface area contributed by atoms with Gasteiger partial charge in [0.1, 0.15) is 11.6 Å². The summed E-state index contributed by atoms with van der Waals surface area (Å²) < 4.78 is 42.3. The van der Waals surface area contributed by atoms with Crippen LogP contribution in [0.4, 0.5) is 4.39 Å². The third kappa shape index (κ3) is 5.07. The number of nitrogens with one attached hydrogen (secondary N) is 1. The second-order valence-corrected chi connectivity index (χ2v) is 6.71. The maximum atomic E-state index is 12.8. The number of hydrogen-bond acceptors (Lipinski definition) is 4. The zero-order chi connectivity index (χ0) is 16.9. The Kier molecular flexibility index (Phi) is 5.33. The first-order chi connectivity index (χ1) is 10.9. The molecule has 0 aromatic heterocycles. The van der Waals surface area contributed by atoms with Crippen LogP contribution < -0.4 is 9.57 Å². The van der Waals surface area contributed by atoms with Gasteiger partial charge >= 0.3 is 0 Å². The van der Waals surface area contributed by atoms with Gasteiger partial charge in [-0.1, -0.05) is 12.1 Å². The van der Waals surface area contributed by atoms with Gasteiger partial charge in [0, 0.05) is 0 Å². The van der Waals surface area contributed by atoms with Crippen LogP contribution in [0.2, 0.25) is 0 Å². The number of nitrogens with zero attached hydrogens (tertiary/aromatic N) is 1. The molecule has 1 N–H and O–H groups in total. The van der Waals surface area contributed by atoms with Crippen molar-refractivity contribution in [3.05, 3.63) is 59.9 Å². The lowest BCUT2D eigenvalue weighted by atomic mass is 10.2. The highest BCUT2D eigenvalue weighted by Crippen LogP contribution is 2.14. The van der Waals surface area contributed by atoms with Gasteiger partial charge in [0.15, 0.2) is 0 Å². The van der Waals surface area contributed by atoms with Crippen LogP contribution >= 0.6 is 0 Å². The molecular formula is C16H17FN2O3S. The smallest absolute Gasteiger partial charge is 0.276 e. The van der Waals surface area contributed by atoms with Crippen LogP contribution in [-0.2, 0) is 10.0 Å². The van der Waals surface area contributed by atoms with Gasteiger partial charge in [0.2, 0.25) is 0 Å². The summed E-state index contributed by atoms with van der Waals surface area (Å²) >= 11 is 0. The summed E-state index contributed by atoms with van der Waals surface area (Å²) in [6, 6.07) is 11.6. The van der Waals surface area contributed by atoms with E-state index in [9.17, 15) is 12.8 Å². The molecular weight excluding hydrogens is 319 g/mol. The molecule has 2 aromatic carbocycles. The van der Waals surface area contributed by atoms with Crippen molar-refractivity contribution in [2.45, 2.75) is 24.8 Å². The molecule has 0 aliphatic carbocycles. The van der Waals surface area contributed by atoms with Gasteiger partial charge in [-0.25, -0.2) is 9.22 Å². The Bertz CT molecular complexity index is 787. The number of halogens is 1. The Morgan fingerprint density at radius 2 is 1.87 bits per heavy atom. The van der Waals surface area contributed by atoms with E-state index in [2.05, 4.69) is 9.93 Å². The number of benzene rings is 2. The van der Waals surface area contributed by atoms with Crippen molar-refractivity contribution < 1.29 is 17.5 Å². The second kappa shape index (κ2) is 7.23. The topological polar surface area (TPSA) is 67.8 Å². The van der Waals surface area contributed by atoms with Crippen molar-refractivity contribution in [3.8, 4) is 5.75 Å². The molecule has 7 heteroatoms. The maximum Gasteiger partial charge on any atom is 0.276 e. The van der Waals surface area contributed by atoms with E-state index < -0.39 is 15.8 Å². The van der Waals surface area contributed by atoms with Gasteiger partial charge in [-0.15, -0.1) is 0 Å². The summed E-state index contributed by atoms with van der Waals surface area (Å²) in [5, 5.41) is 3.72. The monoisotopic (exact) mass is 336 g/mol. The maximum absolute atomic E-state index is 12.8. The minimum Gasteiger partial charge on any atom is -0.491 e. The molecule has 0 unspecified atom stereocenters. The molecule has 0 saturated heterocycles. The highest BCUT2D eigenvalue weighted by Gasteiger charge is 2.12. The highest BCUT2D eigenvalue weighted by atomic mass is 32.2. The molecule has 122 valence electrons. The Morgan fingerprint density at radius 1 is 1.17 bits per heavy atom. The van der Waals surface area contributed by atoms with Gasteiger partial charge in [-0.05, 0) is 55.8 Å². The third-order valence-corrected chi connectivity index (χ3v) is 3.98. The SMILES string of the molecule is CC(C)Oc1cccc(/C=N/NS(=O)(=O)c2ccc(F)cc2)c1. The van der Waals surface area contributed by atoms with E-state index in [1.165, 1.54) is 18.3 Å². The molecule has 5 nitrogen and oxygen atoms in total. The molecule has 0 heterocycles. The summed E-state index contributed by atoms with van der Waals surface area (Å²) in [5.41, 5.74) is 0.685. The predicted octanol–water partition coefficient (Wildman–Crippen LogP) is 2.93. The lowest BCUT2D eigenvalue weighted by Gasteiger charge is -2.09. The van der Waals surface area contributed by atoms with Crippen molar-refractivity contribution in [2.75, 3.05) is 0 Å². The zero-order valence-electron chi connectivity index (χ0n) is 12.7. The Hall–Kier alpha value is -2.41. The second-order valence-electron chi connectivity index (χ2n) is 5.05. The molecule has 0 spiro atoms. The molecule has 0 radical (unpaired) electrons. The Morgan fingerprint density at radius 3 is 2.52 bits per heavy atom. The van der Waals surface area contributed by atoms with Crippen molar-refractivity contribution in [1.29, 1.82) is 0 Å². The van der Waals surface area contributed by atoms with E-state index in [0.717, 1.165) is 12.1 Å². The zero-order valence-corrected chi connectivity index (χ0v) is 13.5. The summed E-state index contributed by atoms with van der Waals surface area (Å²) in [5.74, 6) is 0.166. The molecule has 0 atom stereocenters. The summed E-state index contributed by atoms with van der Waals surface area (Å²) in [6.07, 6.45) is 1.41. The Labute approximate surface area is 134 Å². The van der Waals surface area contributed by atoms with Gasteiger partial charge in [0.25, 0.3) is 10.0 Å². The number of ether oxygens (including phenoxy) is 1. The van der Waals surface area contributed by atoms with Crippen LogP contribution in [0, 0.1) is 5.82 Å². The average molecular weight is 336 g/mol. The molecule has 0 bridgehead atoms.